The van der Waals surface area contributed by atoms with Gasteiger partial charge in [-0.05, 0) is 37.3 Å². The molecule has 1 aliphatic carbocycles. The van der Waals surface area contributed by atoms with E-state index in [1.165, 1.54) is 25.7 Å². The van der Waals surface area contributed by atoms with E-state index in [-0.39, 0.29) is 5.69 Å². The van der Waals surface area contributed by atoms with Gasteiger partial charge in [-0.1, -0.05) is 26.7 Å². The normalized spacial score (nSPS) is 15.8. The first kappa shape index (κ1) is 14.8. The van der Waals surface area contributed by atoms with Crippen LogP contribution in [0.15, 0.2) is 12.1 Å². The van der Waals surface area contributed by atoms with Gasteiger partial charge in [-0.15, -0.1) is 10.2 Å². The van der Waals surface area contributed by atoms with Crippen LogP contribution in [0.2, 0.25) is 0 Å². The van der Waals surface area contributed by atoms with Gasteiger partial charge in [0.25, 0.3) is 0 Å². The number of carboxylic acid groups (broad SMARTS) is 1. The highest BCUT2D eigenvalue weighted by Gasteiger charge is 2.24. The summed E-state index contributed by atoms with van der Waals surface area (Å²) in [5, 5.41) is 16.8. The third-order valence-corrected chi connectivity index (χ3v) is 3.88. The number of anilines is 1. The van der Waals surface area contributed by atoms with E-state index in [4.69, 9.17) is 5.11 Å². The molecular weight excluding hydrogens is 254 g/mol. The molecule has 1 heterocycles. The van der Waals surface area contributed by atoms with Crippen molar-refractivity contribution >= 4 is 11.8 Å². The van der Waals surface area contributed by atoms with Crippen molar-refractivity contribution in [2.24, 2.45) is 5.92 Å². The van der Waals surface area contributed by atoms with Crippen LogP contribution in [0.1, 0.15) is 56.4 Å². The summed E-state index contributed by atoms with van der Waals surface area (Å²) in [7, 11) is 0. The lowest BCUT2D eigenvalue weighted by Crippen LogP contribution is -2.35. The summed E-state index contributed by atoms with van der Waals surface area (Å²) in [6, 6.07) is 3.86. The highest BCUT2D eigenvalue weighted by Crippen LogP contribution is 2.27. The average Bonchev–Trinajstić information content (AvgIpc) is 2.93. The molecule has 1 saturated carbocycles. The van der Waals surface area contributed by atoms with E-state index in [0.29, 0.717) is 12.0 Å². The first-order chi connectivity index (χ1) is 9.58. The molecule has 1 aromatic heterocycles. The Kier molecular flexibility index (Phi) is 4.93. The van der Waals surface area contributed by atoms with Gasteiger partial charge in [-0.2, -0.15) is 0 Å². The largest absolute Gasteiger partial charge is 0.476 e. The zero-order chi connectivity index (χ0) is 14.5. The number of nitrogens with zero attached hydrogens (tertiary/aromatic N) is 3. The van der Waals surface area contributed by atoms with E-state index in [1.807, 2.05) is 0 Å². The molecule has 0 spiro atoms. The molecule has 0 saturated heterocycles. The van der Waals surface area contributed by atoms with Crippen molar-refractivity contribution < 1.29 is 9.90 Å². The second-order valence-electron chi connectivity index (χ2n) is 5.90. The number of carboxylic acids is 1. The van der Waals surface area contributed by atoms with E-state index in [9.17, 15) is 4.79 Å². The van der Waals surface area contributed by atoms with Gasteiger partial charge in [0.05, 0.1) is 0 Å². The fourth-order valence-electron chi connectivity index (χ4n) is 2.69. The van der Waals surface area contributed by atoms with E-state index in [1.54, 1.807) is 12.1 Å². The van der Waals surface area contributed by atoms with Crippen molar-refractivity contribution in [1.82, 2.24) is 10.2 Å². The summed E-state index contributed by atoms with van der Waals surface area (Å²) in [5.74, 6) is 0.423. The molecule has 0 amide bonds. The van der Waals surface area contributed by atoms with Gasteiger partial charge in [-0.3, -0.25) is 0 Å². The molecule has 5 heteroatoms. The number of aromatic nitrogens is 2. The number of hydrogen-bond donors (Lipinski definition) is 1. The molecule has 0 unspecified atom stereocenters. The third-order valence-electron chi connectivity index (χ3n) is 3.88. The van der Waals surface area contributed by atoms with E-state index in [2.05, 4.69) is 28.9 Å². The lowest BCUT2D eigenvalue weighted by Gasteiger charge is -2.30. The molecule has 5 nitrogen and oxygen atoms in total. The van der Waals surface area contributed by atoms with Crippen LogP contribution in [0.25, 0.3) is 0 Å². The van der Waals surface area contributed by atoms with Crippen LogP contribution in [0.5, 0.6) is 0 Å². The van der Waals surface area contributed by atoms with Crippen LogP contribution >= 0.6 is 0 Å². The van der Waals surface area contributed by atoms with Crippen molar-refractivity contribution in [2.75, 3.05) is 11.4 Å². The lowest BCUT2D eigenvalue weighted by atomic mass is 10.1. The van der Waals surface area contributed by atoms with Crippen molar-refractivity contribution in [3.8, 4) is 0 Å². The van der Waals surface area contributed by atoms with Gasteiger partial charge in [0.2, 0.25) is 0 Å². The standard InChI is InChI=1S/C15H23N3O2/c1-11(2)9-10-18(12-5-3-4-6-12)14-8-7-13(15(19)20)16-17-14/h7-8,11-12H,3-6,9-10H2,1-2H3,(H,19,20). The van der Waals surface area contributed by atoms with Crippen molar-refractivity contribution in [1.29, 1.82) is 0 Å². The second kappa shape index (κ2) is 6.68. The van der Waals surface area contributed by atoms with E-state index in [0.717, 1.165) is 18.8 Å². The summed E-state index contributed by atoms with van der Waals surface area (Å²) >= 11 is 0. The monoisotopic (exact) mass is 277 g/mol. The summed E-state index contributed by atoms with van der Waals surface area (Å²) in [4.78, 5) is 13.1. The molecule has 0 bridgehead atoms. The zero-order valence-corrected chi connectivity index (χ0v) is 12.2. The Morgan fingerprint density at radius 1 is 1.35 bits per heavy atom. The third kappa shape index (κ3) is 3.68. The van der Waals surface area contributed by atoms with Crippen molar-refractivity contribution in [3.05, 3.63) is 17.8 Å². The van der Waals surface area contributed by atoms with E-state index < -0.39 is 5.97 Å². The van der Waals surface area contributed by atoms with Gasteiger partial charge < -0.3 is 10.0 Å². The zero-order valence-electron chi connectivity index (χ0n) is 12.2. The van der Waals surface area contributed by atoms with Crippen molar-refractivity contribution in [3.63, 3.8) is 0 Å². The average molecular weight is 277 g/mol. The number of aromatic carboxylic acids is 1. The molecule has 20 heavy (non-hydrogen) atoms. The number of carbonyl (C=O) groups is 1. The Labute approximate surface area is 120 Å². The Balaban J connectivity index is 2.13. The smallest absolute Gasteiger partial charge is 0.356 e. The van der Waals surface area contributed by atoms with Crippen LogP contribution in [0.3, 0.4) is 0 Å². The molecule has 0 atom stereocenters. The van der Waals surface area contributed by atoms with Crippen LogP contribution in [-0.2, 0) is 0 Å². The van der Waals surface area contributed by atoms with Crippen LogP contribution in [0, 0.1) is 5.92 Å². The predicted octanol–water partition coefficient (Wildman–Crippen LogP) is 2.97. The fourth-order valence-corrected chi connectivity index (χ4v) is 2.69. The molecule has 1 fully saturated rings. The van der Waals surface area contributed by atoms with Gasteiger partial charge in [0.15, 0.2) is 11.5 Å². The Hall–Kier alpha value is -1.65. The van der Waals surface area contributed by atoms with Gasteiger partial charge in [0, 0.05) is 12.6 Å². The SMILES string of the molecule is CC(C)CCN(c1ccc(C(=O)O)nn1)C1CCCC1. The fraction of sp³-hybridized carbons (Fsp3) is 0.667. The molecule has 110 valence electrons. The molecule has 1 aliphatic rings. The number of rotatable bonds is 6. The minimum atomic E-state index is -1.03. The highest BCUT2D eigenvalue weighted by molar-refractivity contribution is 5.85. The highest BCUT2D eigenvalue weighted by atomic mass is 16.4. The Morgan fingerprint density at radius 3 is 2.55 bits per heavy atom. The van der Waals surface area contributed by atoms with Gasteiger partial charge in [0.1, 0.15) is 0 Å². The number of hydrogen-bond acceptors (Lipinski definition) is 4. The molecular formula is C15H23N3O2. The molecule has 1 N–H and O–H groups in total. The molecule has 0 radical (unpaired) electrons. The quantitative estimate of drug-likeness (QED) is 0.866. The summed E-state index contributed by atoms with van der Waals surface area (Å²) in [5.41, 5.74) is 0.00369. The minimum absolute atomic E-state index is 0.00369. The van der Waals surface area contributed by atoms with Gasteiger partial charge >= 0.3 is 5.97 Å². The maximum atomic E-state index is 10.8. The molecule has 0 aliphatic heterocycles. The summed E-state index contributed by atoms with van der Waals surface area (Å²) in [6.07, 6.45) is 6.03. The first-order valence-corrected chi connectivity index (χ1v) is 7.41. The first-order valence-electron chi connectivity index (χ1n) is 7.41. The molecule has 2 rings (SSSR count). The van der Waals surface area contributed by atoms with Crippen molar-refractivity contribution in [2.45, 2.75) is 52.0 Å². The summed E-state index contributed by atoms with van der Waals surface area (Å²) in [6.45, 7) is 5.39. The molecule has 0 aromatic carbocycles. The lowest BCUT2D eigenvalue weighted by molar-refractivity contribution is 0.0689. The minimum Gasteiger partial charge on any atom is -0.476 e. The van der Waals surface area contributed by atoms with Crippen LogP contribution < -0.4 is 4.90 Å². The Bertz CT molecular complexity index is 439. The van der Waals surface area contributed by atoms with Crippen LogP contribution in [-0.4, -0.2) is 33.9 Å². The topological polar surface area (TPSA) is 66.3 Å². The van der Waals surface area contributed by atoms with E-state index >= 15 is 0 Å². The van der Waals surface area contributed by atoms with Gasteiger partial charge in [-0.25, -0.2) is 4.79 Å². The molecule has 1 aromatic rings. The maximum Gasteiger partial charge on any atom is 0.356 e. The predicted molar refractivity (Wildman–Crippen MR) is 78.0 cm³/mol. The Morgan fingerprint density at radius 2 is 2.05 bits per heavy atom. The maximum absolute atomic E-state index is 10.8. The van der Waals surface area contributed by atoms with Crippen LogP contribution in [0.4, 0.5) is 5.82 Å². The second-order valence-corrected chi connectivity index (χ2v) is 5.90. The summed E-state index contributed by atoms with van der Waals surface area (Å²) < 4.78 is 0.